The highest BCUT2D eigenvalue weighted by atomic mass is 32.2. The molecule has 3 N–H and O–H groups in total. The molecule has 0 aromatic carbocycles. The SMILES string of the molecule is CS(=O)(=O)N1CCN(Cc2cnc(NN)s2)CC1. The topological polar surface area (TPSA) is 91.6 Å². The summed E-state index contributed by atoms with van der Waals surface area (Å²) < 4.78 is 24.3. The largest absolute Gasteiger partial charge is 0.300 e. The van der Waals surface area contributed by atoms with E-state index in [1.807, 2.05) is 0 Å². The number of nitrogens with zero attached hydrogens (tertiary/aromatic N) is 3. The monoisotopic (exact) mass is 291 g/mol. The van der Waals surface area contributed by atoms with Crippen LogP contribution in [0.25, 0.3) is 0 Å². The normalized spacial score (nSPS) is 19.0. The molecule has 0 unspecified atom stereocenters. The number of sulfonamides is 1. The van der Waals surface area contributed by atoms with Gasteiger partial charge in [0.05, 0.1) is 6.26 Å². The Balaban J connectivity index is 1.87. The first-order valence-electron chi connectivity index (χ1n) is 5.58. The van der Waals surface area contributed by atoms with Crippen molar-refractivity contribution in [1.82, 2.24) is 14.2 Å². The maximum Gasteiger partial charge on any atom is 0.211 e. The molecule has 0 saturated carbocycles. The molecule has 0 radical (unpaired) electrons. The molecule has 0 amide bonds. The number of nitrogens with two attached hydrogens (primary N) is 1. The second-order valence-corrected chi connectivity index (χ2v) is 7.31. The molecule has 0 spiro atoms. The number of hydrogen-bond donors (Lipinski definition) is 2. The summed E-state index contributed by atoms with van der Waals surface area (Å²) >= 11 is 1.51. The zero-order valence-electron chi connectivity index (χ0n) is 10.2. The minimum absolute atomic E-state index is 0.555. The van der Waals surface area contributed by atoms with Crippen molar-refractivity contribution in [2.75, 3.05) is 37.9 Å². The molecule has 0 atom stereocenters. The van der Waals surface area contributed by atoms with Crippen molar-refractivity contribution in [1.29, 1.82) is 0 Å². The quantitative estimate of drug-likeness (QED) is 0.574. The van der Waals surface area contributed by atoms with Gasteiger partial charge in [0.15, 0.2) is 5.13 Å². The average Bonchev–Trinajstić information content (AvgIpc) is 2.76. The number of hydrogen-bond acceptors (Lipinski definition) is 7. The number of nitrogens with one attached hydrogen (secondary N) is 1. The van der Waals surface area contributed by atoms with E-state index in [9.17, 15) is 8.42 Å². The van der Waals surface area contributed by atoms with Gasteiger partial charge in [0, 0.05) is 43.8 Å². The van der Waals surface area contributed by atoms with Crippen molar-refractivity contribution in [3.63, 3.8) is 0 Å². The van der Waals surface area contributed by atoms with Gasteiger partial charge in [-0.1, -0.05) is 11.3 Å². The van der Waals surface area contributed by atoms with E-state index in [0.717, 1.165) is 24.5 Å². The van der Waals surface area contributed by atoms with E-state index in [2.05, 4.69) is 15.3 Å². The highest BCUT2D eigenvalue weighted by molar-refractivity contribution is 7.88. The molecular weight excluding hydrogens is 274 g/mol. The lowest BCUT2D eigenvalue weighted by molar-refractivity contribution is 0.183. The molecular formula is C9H17N5O2S2. The molecule has 1 saturated heterocycles. The van der Waals surface area contributed by atoms with E-state index < -0.39 is 10.0 Å². The summed E-state index contributed by atoms with van der Waals surface area (Å²) in [6, 6.07) is 0. The zero-order valence-corrected chi connectivity index (χ0v) is 11.8. The molecule has 1 aromatic heterocycles. The van der Waals surface area contributed by atoms with E-state index >= 15 is 0 Å². The van der Waals surface area contributed by atoms with Crippen LogP contribution in [0.15, 0.2) is 6.20 Å². The fourth-order valence-corrected chi connectivity index (χ4v) is 3.48. The summed E-state index contributed by atoms with van der Waals surface area (Å²) in [5.41, 5.74) is 2.51. The first kappa shape index (κ1) is 13.7. The maximum absolute atomic E-state index is 11.4. The van der Waals surface area contributed by atoms with Crippen LogP contribution in [0, 0.1) is 0 Å². The molecule has 0 bridgehead atoms. The Bertz CT molecular complexity index is 493. The van der Waals surface area contributed by atoms with Crippen LogP contribution in [0.5, 0.6) is 0 Å². The molecule has 1 aliphatic rings. The number of hydrazine groups is 1. The van der Waals surface area contributed by atoms with Gasteiger partial charge in [-0.15, -0.1) is 0 Å². The summed E-state index contributed by atoms with van der Waals surface area (Å²) in [6.45, 7) is 3.39. The van der Waals surface area contributed by atoms with Crippen molar-refractivity contribution in [3.8, 4) is 0 Å². The fraction of sp³-hybridized carbons (Fsp3) is 0.667. The molecule has 9 heteroatoms. The predicted molar refractivity (Wildman–Crippen MR) is 71.6 cm³/mol. The van der Waals surface area contributed by atoms with E-state index in [-0.39, 0.29) is 0 Å². The summed E-state index contributed by atoms with van der Waals surface area (Å²) in [5, 5.41) is 0.694. The molecule has 0 aliphatic carbocycles. The van der Waals surface area contributed by atoms with Gasteiger partial charge < -0.3 is 0 Å². The third-order valence-corrected chi connectivity index (χ3v) is 5.07. The molecule has 1 aromatic rings. The van der Waals surface area contributed by atoms with Crippen LogP contribution in [-0.2, 0) is 16.6 Å². The van der Waals surface area contributed by atoms with Crippen LogP contribution in [0.2, 0.25) is 0 Å². The maximum atomic E-state index is 11.4. The Labute approximate surface area is 111 Å². The minimum Gasteiger partial charge on any atom is -0.300 e. The van der Waals surface area contributed by atoms with Gasteiger partial charge in [0.2, 0.25) is 10.0 Å². The molecule has 1 aliphatic heterocycles. The van der Waals surface area contributed by atoms with Crippen LogP contribution in [0.4, 0.5) is 5.13 Å². The average molecular weight is 291 g/mol. The number of rotatable bonds is 4. The summed E-state index contributed by atoms with van der Waals surface area (Å²) in [4.78, 5) is 7.44. The number of nitrogen functional groups attached to an aromatic ring is 1. The molecule has 2 rings (SSSR count). The van der Waals surface area contributed by atoms with Gasteiger partial charge >= 0.3 is 0 Å². The summed E-state index contributed by atoms with van der Waals surface area (Å²) in [5.74, 6) is 5.27. The number of anilines is 1. The Morgan fingerprint density at radius 2 is 2.11 bits per heavy atom. The molecule has 2 heterocycles. The fourth-order valence-electron chi connectivity index (χ4n) is 1.89. The van der Waals surface area contributed by atoms with Gasteiger partial charge in [-0.3, -0.25) is 10.3 Å². The standard InChI is InChI=1S/C9H17N5O2S2/c1-18(15,16)14-4-2-13(3-5-14)7-8-6-11-9(12-10)17-8/h6H,2-5,7,10H2,1H3,(H,11,12). The summed E-state index contributed by atoms with van der Waals surface area (Å²) in [6.07, 6.45) is 3.05. The number of thiazole rings is 1. The second-order valence-electron chi connectivity index (χ2n) is 4.21. The first-order chi connectivity index (χ1) is 8.49. The van der Waals surface area contributed by atoms with E-state index in [1.54, 1.807) is 6.20 Å². The third kappa shape index (κ3) is 3.39. The van der Waals surface area contributed by atoms with Gasteiger partial charge in [0.1, 0.15) is 0 Å². The smallest absolute Gasteiger partial charge is 0.211 e. The lowest BCUT2D eigenvalue weighted by Gasteiger charge is -2.32. The molecule has 18 heavy (non-hydrogen) atoms. The third-order valence-electron chi connectivity index (χ3n) is 2.86. The van der Waals surface area contributed by atoms with Crippen molar-refractivity contribution >= 4 is 26.5 Å². The number of aromatic nitrogens is 1. The molecule has 102 valence electrons. The van der Waals surface area contributed by atoms with E-state index in [4.69, 9.17) is 5.84 Å². The second kappa shape index (κ2) is 5.49. The minimum atomic E-state index is -3.05. The van der Waals surface area contributed by atoms with Crippen molar-refractivity contribution in [2.45, 2.75) is 6.54 Å². The van der Waals surface area contributed by atoms with Crippen LogP contribution in [0.3, 0.4) is 0 Å². The van der Waals surface area contributed by atoms with Crippen LogP contribution >= 0.6 is 11.3 Å². The van der Waals surface area contributed by atoms with Crippen molar-refractivity contribution in [2.24, 2.45) is 5.84 Å². The predicted octanol–water partition coefficient (Wildman–Crippen LogP) is -0.494. The van der Waals surface area contributed by atoms with Crippen molar-refractivity contribution in [3.05, 3.63) is 11.1 Å². The molecule has 1 fully saturated rings. The van der Waals surface area contributed by atoms with Crippen molar-refractivity contribution < 1.29 is 8.42 Å². The van der Waals surface area contributed by atoms with E-state index in [1.165, 1.54) is 21.9 Å². The first-order valence-corrected chi connectivity index (χ1v) is 8.24. The number of piperazine rings is 1. The Morgan fingerprint density at radius 1 is 1.44 bits per heavy atom. The lowest BCUT2D eigenvalue weighted by Crippen LogP contribution is -2.47. The Morgan fingerprint density at radius 3 is 2.61 bits per heavy atom. The van der Waals surface area contributed by atoms with Gasteiger partial charge in [-0.2, -0.15) is 4.31 Å². The highest BCUT2D eigenvalue weighted by Crippen LogP contribution is 2.19. The van der Waals surface area contributed by atoms with E-state index in [0.29, 0.717) is 18.2 Å². The lowest BCUT2D eigenvalue weighted by atomic mass is 10.3. The zero-order chi connectivity index (χ0) is 13.2. The van der Waals surface area contributed by atoms with Crippen LogP contribution in [-0.4, -0.2) is 55.0 Å². The highest BCUT2D eigenvalue weighted by Gasteiger charge is 2.23. The van der Waals surface area contributed by atoms with Crippen LogP contribution in [0.1, 0.15) is 4.88 Å². The van der Waals surface area contributed by atoms with Crippen LogP contribution < -0.4 is 11.3 Å². The van der Waals surface area contributed by atoms with Gasteiger partial charge in [-0.05, 0) is 0 Å². The Kier molecular flexibility index (Phi) is 4.17. The van der Waals surface area contributed by atoms with Gasteiger partial charge in [0.25, 0.3) is 0 Å². The Hall–Kier alpha value is -0.740. The molecule has 7 nitrogen and oxygen atoms in total. The van der Waals surface area contributed by atoms with Gasteiger partial charge in [-0.25, -0.2) is 19.2 Å². The summed E-state index contributed by atoms with van der Waals surface area (Å²) in [7, 11) is -3.05.